The van der Waals surface area contributed by atoms with Gasteiger partial charge in [-0.15, -0.1) is 0 Å². The highest BCUT2D eigenvalue weighted by molar-refractivity contribution is 5.84. The zero-order valence-electron chi connectivity index (χ0n) is 9.76. The molecule has 0 saturated carbocycles. The Bertz CT molecular complexity index is 540. The normalized spacial score (nSPS) is 12.0. The Morgan fingerprint density at radius 1 is 1.35 bits per heavy atom. The van der Waals surface area contributed by atoms with Crippen LogP contribution in [0.4, 0.5) is 0 Å². The Kier molecular flexibility index (Phi) is 3.56. The minimum Gasteiger partial charge on any atom is -0.487 e. The maximum atomic E-state index is 8.71. The summed E-state index contributed by atoms with van der Waals surface area (Å²) in [6, 6.07) is 11.9. The molecule has 0 saturated heterocycles. The number of aromatic nitrogens is 1. The molecule has 1 unspecified atom stereocenters. The summed E-state index contributed by atoms with van der Waals surface area (Å²) in [6.07, 6.45) is 2.91. The molecule has 0 aliphatic rings. The molecule has 17 heavy (non-hydrogen) atoms. The molecule has 0 N–H and O–H groups in total. The van der Waals surface area contributed by atoms with Gasteiger partial charge in [0.1, 0.15) is 17.4 Å². The monoisotopic (exact) mass is 226 g/mol. The fraction of sp³-hybridized carbons (Fsp3) is 0.286. The minimum absolute atomic E-state index is 0.0624. The van der Waals surface area contributed by atoms with Crippen molar-refractivity contribution in [2.45, 2.75) is 25.9 Å². The first-order valence-corrected chi connectivity index (χ1v) is 5.72. The smallest absolute Gasteiger partial charge is 0.145 e. The quantitative estimate of drug-likeness (QED) is 0.803. The number of fused-ring (bicyclic) bond motifs is 1. The molecule has 1 aromatic heterocycles. The van der Waals surface area contributed by atoms with Crippen LogP contribution in [0, 0.1) is 11.3 Å². The Morgan fingerprint density at radius 2 is 2.18 bits per heavy atom. The third-order valence-electron chi connectivity index (χ3n) is 2.66. The lowest BCUT2D eigenvalue weighted by Crippen LogP contribution is -2.14. The molecule has 0 aliphatic carbocycles. The van der Waals surface area contributed by atoms with Gasteiger partial charge in [0.2, 0.25) is 0 Å². The molecular weight excluding hydrogens is 212 g/mol. The van der Waals surface area contributed by atoms with Crippen LogP contribution >= 0.6 is 0 Å². The van der Waals surface area contributed by atoms with Crippen LogP contribution in [0.1, 0.15) is 19.8 Å². The van der Waals surface area contributed by atoms with E-state index >= 15 is 0 Å². The van der Waals surface area contributed by atoms with Crippen LogP contribution in [0.2, 0.25) is 0 Å². The zero-order valence-corrected chi connectivity index (χ0v) is 9.76. The highest BCUT2D eigenvalue weighted by atomic mass is 16.5. The fourth-order valence-electron chi connectivity index (χ4n) is 1.72. The molecule has 2 aromatic rings. The molecule has 0 spiro atoms. The topological polar surface area (TPSA) is 45.9 Å². The first kappa shape index (κ1) is 11.4. The van der Waals surface area contributed by atoms with Crippen molar-refractivity contribution in [1.29, 1.82) is 5.26 Å². The van der Waals surface area contributed by atoms with Crippen LogP contribution in [-0.2, 0) is 0 Å². The molecular formula is C14H14N2O. The standard InChI is InChI=1S/C14H14N2O/c1-2-12(8-9-15)17-13-7-3-5-11-6-4-10-16-14(11)13/h3-7,10,12H,2,8H2,1H3. The Morgan fingerprint density at radius 3 is 2.94 bits per heavy atom. The van der Waals surface area contributed by atoms with Gasteiger partial charge in [-0.2, -0.15) is 5.26 Å². The minimum atomic E-state index is -0.0624. The van der Waals surface area contributed by atoms with Crippen LogP contribution in [0.15, 0.2) is 36.5 Å². The molecule has 1 atom stereocenters. The number of nitriles is 1. The van der Waals surface area contributed by atoms with Gasteiger partial charge in [-0.3, -0.25) is 4.98 Å². The molecule has 0 aliphatic heterocycles. The van der Waals surface area contributed by atoms with Gasteiger partial charge in [-0.05, 0) is 18.6 Å². The molecule has 0 radical (unpaired) electrons. The first-order valence-electron chi connectivity index (χ1n) is 5.72. The molecule has 1 aromatic carbocycles. The third-order valence-corrected chi connectivity index (χ3v) is 2.66. The maximum absolute atomic E-state index is 8.71. The van der Waals surface area contributed by atoms with Crippen molar-refractivity contribution in [3.63, 3.8) is 0 Å². The SMILES string of the molecule is CCC(CC#N)Oc1cccc2cccnc12. The van der Waals surface area contributed by atoms with Gasteiger partial charge in [0.15, 0.2) is 0 Å². The predicted molar refractivity (Wildman–Crippen MR) is 66.7 cm³/mol. The van der Waals surface area contributed by atoms with Crippen LogP contribution in [0.5, 0.6) is 5.75 Å². The largest absolute Gasteiger partial charge is 0.487 e. The summed E-state index contributed by atoms with van der Waals surface area (Å²) in [5.74, 6) is 0.755. The fourth-order valence-corrected chi connectivity index (χ4v) is 1.72. The lowest BCUT2D eigenvalue weighted by Gasteiger charge is -2.15. The molecule has 0 fully saturated rings. The summed E-state index contributed by atoms with van der Waals surface area (Å²) in [5, 5.41) is 9.77. The van der Waals surface area contributed by atoms with Gasteiger partial charge in [0.25, 0.3) is 0 Å². The van der Waals surface area contributed by atoms with E-state index < -0.39 is 0 Å². The Labute approximate surface area is 101 Å². The summed E-state index contributed by atoms with van der Waals surface area (Å²) >= 11 is 0. The summed E-state index contributed by atoms with van der Waals surface area (Å²) < 4.78 is 5.83. The Hall–Kier alpha value is -2.08. The average molecular weight is 226 g/mol. The first-order chi connectivity index (χ1) is 8.35. The maximum Gasteiger partial charge on any atom is 0.145 e. The van der Waals surface area contributed by atoms with Crippen LogP contribution in [0.25, 0.3) is 10.9 Å². The van der Waals surface area contributed by atoms with Gasteiger partial charge in [0.05, 0.1) is 12.5 Å². The van der Waals surface area contributed by atoms with E-state index in [4.69, 9.17) is 10.00 Å². The van der Waals surface area contributed by atoms with E-state index in [1.807, 2.05) is 37.3 Å². The van der Waals surface area contributed by atoms with E-state index in [0.717, 1.165) is 23.1 Å². The number of para-hydroxylation sites is 1. The predicted octanol–water partition coefficient (Wildman–Crippen LogP) is 3.31. The number of hydrogen-bond donors (Lipinski definition) is 0. The average Bonchev–Trinajstić information content (AvgIpc) is 2.38. The number of hydrogen-bond acceptors (Lipinski definition) is 3. The molecule has 3 heteroatoms. The van der Waals surface area contributed by atoms with Gasteiger partial charge < -0.3 is 4.74 Å². The van der Waals surface area contributed by atoms with E-state index in [-0.39, 0.29) is 6.10 Å². The number of ether oxygens (including phenoxy) is 1. The molecule has 2 rings (SSSR count). The van der Waals surface area contributed by atoms with Crippen molar-refractivity contribution in [3.8, 4) is 11.8 Å². The lowest BCUT2D eigenvalue weighted by molar-refractivity contribution is 0.204. The third kappa shape index (κ3) is 2.54. The summed E-state index contributed by atoms with van der Waals surface area (Å²) in [6.45, 7) is 2.01. The second-order valence-corrected chi connectivity index (χ2v) is 3.84. The second-order valence-electron chi connectivity index (χ2n) is 3.84. The van der Waals surface area contributed by atoms with Crippen molar-refractivity contribution in [2.24, 2.45) is 0 Å². The highest BCUT2D eigenvalue weighted by Gasteiger charge is 2.10. The summed E-state index contributed by atoms with van der Waals surface area (Å²) in [5.41, 5.74) is 0.853. The van der Waals surface area contributed by atoms with Crippen LogP contribution in [-0.4, -0.2) is 11.1 Å². The molecule has 3 nitrogen and oxygen atoms in total. The van der Waals surface area contributed by atoms with Crippen molar-refractivity contribution in [3.05, 3.63) is 36.5 Å². The number of nitrogens with zero attached hydrogens (tertiary/aromatic N) is 2. The van der Waals surface area contributed by atoms with Gasteiger partial charge in [-0.25, -0.2) is 0 Å². The van der Waals surface area contributed by atoms with E-state index in [0.29, 0.717) is 6.42 Å². The van der Waals surface area contributed by atoms with E-state index in [1.54, 1.807) is 6.20 Å². The van der Waals surface area contributed by atoms with Crippen molar-refractivity contribution in [2.75, 3.05) is 0 Å². The summed E-state index contributed by atoms with van der Waals surface area (Å²) in [4.78, 5) is 4.32. The van der Waals surface area contributed by atoms with Crippen LogP contribution < -0.4 is 4.74 Å². The van der Waals surface area contributed by atoms with Crippen molar-refractivity contribution in [1.82, 2.24) is 4.98 Å². The molecule has 0 bridgehead atoms. The zero-order chi connectivity index (χ0) is 12.1. The van der Waals surface area contributed by atoms with Crippen molar-refractivity contribution >= 4 is 10.9 Å². The van der Waals surface area contributed by atoms with Gasteiger partial charge >= 0.3 is 0 Å². The van der Waals surface area contributed by atoms with Crippen molar-refractivity contribution < 1.29 is 4.74 Å². The number of pyridine rings is 1. The highest BCUT2D eigenvalue weighted by Crippen LogP contribution is 2.24. The second kappa shape index (κ2) is 5.31. The van der Waals surface area contributed by atoms with Gasteiger partial charge in [0, 0.05) is 11.6 Å². The van der Waals surface area contributed by atoms with Gasteiger partial charge in [-0.1, -0.05) is 25.1 Å². The molecule has 86 valence electrons. The van der Waals surface area contributed by atoms with E-state index in [2.05, 4.69) is 11.1 Å². The summed E-state index contributed by atoms with van der Waals surface area (Å²) in [7, 11) is 0. The van der Waals surface area contributed by atoms with Crippen LogP contribution in [0.3, 0.4) is 0 Å². The molecule has 0 amide bonds. The Balaban J connectivity index is 2.32. The molecule has 1 heterocycles. The number of rotatable bonds is 4. The van der Waals surface area contributed by atoms with E-state index in [1.165, 1.54) is 0 Å². The lowest BCUT2D eigenvalue weighted by atomic mass is 10.2. The van der Waals surface area contributed by atoms with E-state index in [9.17, 15) is 0 Å². The number of benzene rings is 1.